The zero-order chi connectivity index (χ0) is 3.41. The van der Waals surface area contributed by atoms with Crippen molar-refractivity contribution in [3.05, 3.63) is 0 Å². The molecule has 0 aromatic rings. The quantitative estimate of drug-likeness (QED) is 0.367. The molecule has 0 saturated carbocycles. The lowest BCUT2D eigenvalue weighted by Crippen LogP contribution is -1.52. The summed E-state index contributed by atoms with van der Waals surface area (Å²) in [6.07, 6.45) is 0. The highest BCUT2D eigenvalue weighted by atomic mass is 35.5. The van der Waals surface area contributed by atoms with Crippen LogP contribution < -0.4 is 0 Å². The zero-order valence-electron chi connectivity index (χ0n) is 1.57. The van der Waals surface area contributed by atoms with Gasteiger partial charge in [0, 0.05) is 0 Å². The summed E-state index contributed by atoms with van der Waals surface area (Å²) in [5, 5.41) is 0. The first-order valence-electron chi connectivity index (χ1n) is 0.475. The molecule has 0 radical (unpaired) electrons. The summed E-state index contributed by atoms with van der Waals surface area (Å²) < 4.78 is 6.56. The standard InChI is InChI=1S/Cl2O2/c1-3-4-2. The van der Waals surface area contributed by atoms with Crippen molar-refractivity contribution < 1.29 is 8.88 Å². The summed E-state index contributed by atoms with van der Waals surface area (Å²) >= 11 is 8.66. The van der Waals surface area contributed by atoms with Crippen LogP contribution in [0.5, 0.6) is 0 Å². The lowest BCUT2D eigenvalue weighted by molar-refractivity contribution is -0.0832. The molecule has 0 spiro atoms. The van der Waals surface area contributed by atoms with E-state index in [0.717, 1.165) is 0 Å². The molecule has 0 unspecified atom stereocenters. The second kappa shape index (κ2) is 3.50. The molecular weight excluding hydrogens is 103 g/mol. The van der Waals surface area contributed by atoms with Crippen molar-refractivity contribution in [1.29, 1.82) is 0 Å². The van der Waals surface area contributed by atoms with E-state index in [1.165, 1.54) is 0 Å². The second-order valence-electron chi connectivity index (χ2n) is 0.126. The molecule has 0 amide bonds. The Labute approximate surface area is 33.5 Å². The first-order chi connectivity index (χ1) is 1.91. The Morgan fingerprint density at radius 1 is 1.00 bits per heavy atom. The van der Waals surface area contributed by atoms with Crippen molar-refractivity contribution in [2.24, 2.45) is 0 Å². The Kier molecular flexibility index (Phi) is 3.94. The van der Waals surface area contributed by atoms with E-state index in [4.69, 9.17) is 0 Å². The molecule has 0 saturated heterocycles. The van der Waals surface area contributed by atoms with Gasteiger partial charge < -0.3 is 0 Å². The highest BCUT2D eigenvalue weighted by molar-refractivity contribution is 6.10. The molecule has 0 fully saturated rings. The number of halogens is 2. The van der Waals surface area contributed by atoms with Crippen molar-refractivity contribution in [3.63, 3.8) is 0 Å². The topological polar surface area (TPSA) is 18.5 Å². The number of rotatable bonds is 1. The minimum atomic E-state index is 3.28. The van der Waals surface area contributed by atoms with E-state index < -0.39 is 0 Å². The molecule has 4 heteroatoms. The Balaban J connectivity index is 1.97. The van der Waals surface area contributed by atoms with Crippen molar-refractivity contribution in [2.75, 3.05) is 0 Å². The Hall–Kier alpha value is 0.500. The van der Waals surface area contributed by atoms with Gasteiger partial charge in [-0.3, -0.25) is 0 Å². The third-order valence-electron chi connectivity index (χ3n) is 0.0238. The van der Waals surface area contributed by atoms with Crippen LogP contribution in [-0.4, -0.2) is 0 Å². The molecule has 0 aromatic carbocycles. The summed E-state index contributed by atoms with van der Waals surface area (Å²) in [5.74, 6) is 0. The van der Waals surface area contributed by atoms with Crippen molar-refractivity contribution in [2.45, 2.75) is 0 Å². The summed E-state index contributed by atoms with van der Waals surface area (Å²) in [6, 6.07) is 0. The van der Waals surface area contributed by atoms with Gasteiger partial charge in [0.1, 0.15) is 23.7 Å². The van der Waals surface area contributed by atoms with Gasteiger partial charge in [0.25, 0.3) is 0 Å². The van der Waals surface area contributed by atoms with Crippen LogP contribution in [0.3, 0.4) is 0 Å². The van der Waals surface area contributed by atoms with E-state index >= 15 is 0 Å². The minimum absolute atomic E-state index is 3.28. The third-order valence-corrected chi connectivity index (χ3v) is 0.214. The fourth-order valence-corrected chi connectivity index (χ4v) is 0. The van der Waals surface area contributed by atoms with Gasteiger partial charge in [-0.15, -0.1) is 8.88 Å². The molecule has 0 rings (SSSR count). The summed E-state index contributed by atoms with van der Waals surface area (Å²) in [6.45, 7) is 0. The highest BCUT2D eigenvalue weighted by Gasteiger charge is 1.58. The molecule has 0 aliphatic carbocycles. The van der Waals surface area contributed by atoms with Gasteiger partial charge in [0.05, 0.1) is 0 Å². The smallest absolute Gasteiger partial charge is 0.102 e. The van der Waals surface area contributed by atoms with Crippen LogP contribution in [0.1, 0.15) is 0 Å². The molecule has 0 aliphatic rings. The number of hydrogen-bond donors (Lipinski definition) is 0. The Morgan fingerprint density at radius 2 is 1.25 bits per heavy atom. The van der Waals surface area contributed by atoms with E-state index in [-0.39, 0.29) is 0 Å². The van der Waals surface area contributed by atoms with Gasteiger partial charge in [0.2, 0.25) is 0 Å². The lowest BCUT2D eigenvalue weighted by Gasteiger charge is -1.67. The van der Waals surface area contributed by atoms with Crippen LogP contribution in [-0.2, 0) is 8.88 Å². The van der Waals surface area contributed by atoms with Gasteiger partial charge in [-0.05, 0) is 0 Å². The average Bonchev–Trinajstić information content (AvgIpc) is 1.37. The van der Waals surface area contributed by atoms with Gasteiger partial charge in [0.15, 0.2) is 0 Å². The molecule has 26 valence electrons. The van der Waals surface area contributed by atoms with Crippen molar-refractivity contribution >= 4 is 23.7 Å². The molecule has 0 aromatic heterocycles. The SMILES string of the molecule is ClOOCl. The largest absolute Gasteiger partial charge is 0.102 e. The van der Waals surface area contributed by atoms with E-state index in [0.29, 0.717) is 0 Å². The van der Waals surface area contributed by atoms with Crippen molar-refractivity contribution in [3.8, 4) is 0 Å². The summed E-state index contributed by atoms with van der Waals surface area (Å²) in [5.41, 5.74) is 0. The zero-order valence-corrected chi connectivity index (χ0v) is 3.08. The van der Waals surface area contributed by atoms with Crippen LogP contribution in [0.4, 0.5) is 0 Å². The molecule has 2 nitrogen and oxygen atoms in total. The van der Waals surface area contributed by atoms with Gasteiger partial charge in [-0.1, -0.05) is 0 Å². The normalized spacial score (nSPS) is 7.50. The molecule has 0 aliphatic heterocycles. The maximum atomic E-state index is 4.33. The summed E-state index contributed by atoms with van der Waals surface area (Å²) in [4.78, 5) is 0. The lowest BCUT2D eigenvalue weighted by atomic mass is 15.0. The van der Waals surface area contributed by atoms with Crippen LogP contribution in [0, 0.1) is 0 Å². The monoisotopic (exact) mass is 102 g/mol. The van der Waals surface area contributed by atoms with Gasteiger partial charge >= 0.3 is 0 Å². The molecule has 0 atom stereocenters. The van der Waals surface area contributed by atoms with E-state index in [1.807, 2.05) is 0 Å². The van der Waals surface area contributed by atoms with Crippen LogP contribution in [0.15, 0.2) is 0 Å². The molecule has 0 bridgehead atoms. The Bertz CT molecular complexity index is 6.00. The first-order valence-corrected chi connectivity index (χ1v) is 1.09. The fraction of sp³-hybridized carbons (Fsp3) is 0. The minimum Gasteiger partial charge on any atom is -0.102 e. The maximum Gasteiger partial charge on any atom is 0.102 e. The highest BCUT2D eigenvalue weighted by Crippen LogP contribution is 1.82. The third kappa shape index (κ3) is 2.50. The first kappa shape index (κ1) is 4.50. The molecule has 4 heavy (non-hydrogen) atoms. The second-order valence-corrected chi connectivity index (χ2v) is 0.378. The van der Waals surface area contributed by atoms with Crippen LogP contribution in [0.25, 0.3) is 0 Å². The average molecular weight is 103 g/mol. The van der Waals surface area contributed by atoms with Crippen LogP contribution in [0.2, 0.25) is 0 Å². The molecule has 0 N–H and O–H groups in total. The number of hydrogen-bond acceptors (Lipinski definition) is 2. The van der Waals surface area contributed by atoms with Crippen molar-refractivity contribution in [1.82, 2.24) is 0 Å². The van der Waals surface area contributed by atoms with Gasteiger partial charge in [-0.25, -0.2) is 0 Å². The maximum absolute atomic E-state index is 4.33. The fourth-order valence-electron chi connectivity index (χ4n) is 0. The van der Waals surface area contributed by atoms with Crippen LogP contribution >= 0.6 is 23.7 Å². The predicted molar refractivity (Wildman–Crippen MR) is 13.9 cm³/mol. The predicted octanol–water partition coefficient (Wildman–Crippen LogP) is 1.24. The summed E-state index contributed by atoms with van der Waals surface area (Å²) in [7, 11) is 0. The Morgan fingerprint density at radius 3 is 1.25 bits per heavy atom. The molecule has 0 heterocycles. The van der Waals surface area contributed by atoms with E-state index in [9.17, 15) is 0 Å². The van der Waals surface area contributed by atoms with Gasteiger partial charge in [-0.2, -0.15) is 0 Å². The molecular formula is Cl2O2. The van der Waals surface area contributed by atoms with E-state index in [2.05, 4.69) is 32.6 Å². The van der Waals surface area contributed by atoms with E-state index in [1.54, 1.807) is 0 Å².